The van der Waals surface area contributed by atoms with Crippen LogP contribution < -0.4 is 9.65 Å². The predicted molar refractivity (Wildman–Crippen MR) is 461 cm³/mol. The Morgan fingerprint density at radius 1 is 0.339 bits per heavy atom. The highest BCUT2D eigenvalue weighted by Crippen LogP contribution is 2.47. The van der Waals surface area contributed by atoms with Gasteiger partial charge in [-0.3, -0.25) is 9.97 Å². The number of para-hydroxylation sites is 8. The van der Waals surface area contributed by atoms with E-state index in [9.17, 15) is 21.6 Å². The van der Waals surface area contributed by atoms with E-state index in [1.165, 1.54) is 66.5 Å². The molecule has 0 spiro atoms. The van der Waals surface area contributed by atoms with Crippen LogP contribution in [0.2, 0.25) is 0 Å². The third-order valence-electron chi connectivity index (χ3n) is 23.0. The lowest BCUT2D eigenvalue weighted by Crippen LogP contribution is -2.41. The summed E-state index contributed by atoms with van der Waals surface area (Å²) in [7, 11) is -6.30. The molecule has 18 heteroatoms. The molecule has 0 atom stereocenters. The third kappa shape index (κ3) is 11.1. The zero-order valence-corrected chi connectivity index (χ0v) is 63.2. The molecule has 0 saturated carbocycles. The second-order valence-corrected chi connectivity index (χ2v) is 31.6. The van der Waals surface area contributed by atoms with Crippen molar-refractivity contribution < 1.29 is 45.3 Å². The first-order valence-corrected chi connectivity index (χ1v) is 39.3. The molecule has 115 heavy (non-hydrogen) atoms. The molecule has 0 bridgehead atoms. The second-order valence-electron chi connectivity index (χ2n) is 30.1. The van der Waals surface area contributed by atoms with E-state index in [0.29, 0.717) is 33.0 Å². The zero-order valence-electron chi connectivity index (χ0n) is 62.3. The molecule has 23 rings (SSSR count). The molecule has 0 aliphatic carbocycles. The van der Waals surface area contributed by atoms with E-state index in [1.54, 1.807) is 53.1 Å². The minimum Gasteiger partial charge on any atom is -0.456 e. The first-order valence-electron chi connectivity index (χ1n) is 37.9. The lowest BCUT2D eigenvalue weighted by atomic mass is 9.78. The van der Waals surface area contributed by atoms with Crippen LogP contribution in [0.5, 0.6) is 5.75 Å². The van der Waals surface area contributed by atoms with E-state index < -0.39 is 21.4 Å². The molecule has 558 valence electrons. The summed E-state index contributed by atoms with van der Waals surface area (Å²) >= 11 is 0. The number of rotatable bonds is 8. The van der Waals surface area contributed by atoms with Crippen LogP contribution in [-0.2, 0) is 19.4 Å². The molecule has 0 amide bonds. The summed E-state index contributed by atoms with van der Waals surface area (Å²) in [5.74, 6) is -0.456. The fraction of sp³-hybridized carbons (Fsp3) is 0.0722. The number of pyridine rings is 2. The maximum Gasteiger partial charge on any atom is 0.534 e. The number of alkyl halides is 3. The molecule has 1 fully saturated rings. The fourth-order valence-corrected chi connectivity index (χ4v) is 17.5. The highest BCUT2D eigenvalue weighted by Gasteiger charge is 2.52. The molecule has 13 nitrogen and oxygen atoms in total. The first-order chi connectivity index (χ1) is 55.9. The summed E-state index contributed by atoms with van der Waals surface area (Å²) in [5.41, 5.74) is 13.5. The molecule has 0 unspecified atom stereocenters. The number of hydrogen-bond acceptors (Lipinski definition) is 9. The van der Waals surface area contributed by atoms with Crippen LogP contribution >= 0.6 is 0 Å². The van der Waals surface area contributed by atoms with Crippen molar-refractivity contribution in [1.29, 1.82) is 0 Å². The molecule has 1 aliphatic heterocycles. The van der Waals surface area contributed by atoms with Gasteiger partial charge in [-0.1, -0.05) is 176 Å². The molecular formula is C97H68BF3N6O7S. The van der Waals surface area contributed by atoms with E-state index in [2.05, 4.69) is 264 Å². The van der Waals surface area contributed by atoms with Crippen LogP contribution in [0.4, 0.5) is 13.2 Å². The van der Waals surface area contributed by atoms with Gasteiger partial charge in [0.05, 0.1) is 89.1 Å². The molecule has 14 aromatic carbocycles. The Balaban J connectivity index is 0.000000116. The summed E-state index contributed by atoms with van der Waals surface area (Å²) < 4.78 is 102. The summed E-state index contributed by atoms with van der Waals surface area (Å²) in [6, 6.07) is 106. The lowest BCUT2D eigenvalue weighted by molar-refractivity contribution is -0.0500. The number of furan rings is 2. The summed E-state index contributed by atoms with van der Waals surface area (Å²) in [5, 5.41) is 14.6. The number of hydrogen-bond donors (Lipinski definition) is 0. The van der Waals surface area contributed by atoms with E-state index in [-0.39, 0.29) is 25.4 Å². The molecule has 8 aromatic heterocycles. The summed E-state index contributed by atoms with van der Waals surface area (Å²) in [4.78, 5) is 9.22. The predicted octanol–water partition coefficient (Wildman–Crippen LogP) is 24.8. The lowest BCUT2D eigenvalue weighted by Gasteiger charge is -2.32. The van der Waals surface area contributed by atoms with Crippen LogP contribution in [0.3, 0.4) is 0 Å². The Morgan fingerprint density at radius 3 is 1.17 bits per heavy atom. The minimum atomic E-state index is -5.92. The van der Waals surface area contributed by atoms with E-state index in [0.717, 1.165) is 99.2 Å². The second kappa shape index (κ2) is 26.2. The van der Waals surface area contributed by atoms with Gasteiger partial charge in [-0.15, -0.1) is 0 Å². The number of benzene rings is 14. The normalized spacial score (nSPS) is 13.8. The van der Waals surface area contributed by atoms with Crippen molar-refractivity contribution in [3.8, 4) is 39.6 Å². The fourth-order valence-electron chi connectivity index (χ4n) is 17.0. The van der Waals surface area contributed by atoms with Gasteiger partial charge in [-0.05, 0) is 166 Å². The number of halogens is 3. The van der Waals surface area contributed by atoms with Crippen LogP contribution in [0, 0.1) is 0 Å². The summed E-state index contributed by atoms with van der Waals surface area (Å²) in [6.45, 7) is 8.36. The highest BCUT2D eigenvalue weighted by atomic mass is 32.2. The van der Waals surface area contributed by atoms with Crippen LogP contribution in [-0.4, -0.2) is 60.5 Å². The largest absolute Gasteiger partial charge is 0.534 e. The van der Waals surface area contributed by atoms with Crippen molar-refractivity contribution in [3.05, 3.63) is 328 Å². The van der Waals surface area contributed by atoms with Gasteiger partial charge in [0.25, 0.3) is 0 Å². The van der Waals surface area contributed by atoms with E-state index in [1.807, 2.05) is 54.9 Å². The minimum absolute atomic E-state index is 0. The van der Waals surface area contributed by atoms with Gasteiger partial charge < -0.3 is 40.6 Å². The maximum absolute atomic E-state index is 13.3. The molecule has 9 heterocycles. The monoisotopic (exact) mass is 1530 g/mol. The van der Waals surface area contributed by atoms with Crippen molar-refractivity contribution >= 4 is 176 Å². The average molecular weight is 1530 g/mol. The smallest absolute Gasteiger partial charge is 0.456 e. The Bertz CT molecular complexity index is 7780. The first kappa shape index (κ1) is 69.2. The molecule has 1 aliphatic rings. The van der Waals surface area contributed by atoms with Crippen LogP contribution in [0.25, 0.3) is 187 Å². The topological polar surface area (TPSA) is 134 Å². The molecule has 1 saturated heterocycles. The Labute approximate surface area is 657 Å². The van der Waals surface area contributed by atoms with Crippen molar-refractivity contribution in [2.24, 2.45) is 0 Å². The van der Waals surface area contributed by atoms with Crippen LogP contribution in [0.15, 0.2) is 337 Å². The van der Waals surface area contributed by atoms with E-state index in [4.69, 9.17) is 22.3 Å². The maximum atomic E-state index is 13.3. The van der Waals surface area contributed by atoms with Crippen LogP contribution in [0.1, 0.15) is 29.1 Å². The Kier molecular flexibility index (Phi) is 15.7. The number of fused-ring (bicyclic) bond motifs is 20. The molecule has 0 radical (unpaired) electrons. The van der Waals surface area contributed by atoms with Gasteiger partial charge in [0, 0.05) is 107 Å². The Morgan fingerprint density at radius 2 is 0.704 bits per heavy atom. The van der Waals surface area contributed by atoms with Crippen molar-refractivity contribution in [2.75, 3.05) is 0 Å². The van der Waals surface area contributed by atoms with Gasteiger partial charge in [-0.25, -0.2) is 0 Å². The van der Waals surface area contributed by atoms with Gasteiger partial charge in [0.1, 0.15) is 22.3 Å². The standard InChI is InChI=1S/C45H27N3O.C27H25BN2O2.C25H14F3NO4S.H2/c1-5-17-38-29(11-1)30-12-2-6-18-39(30)48(38)43-27-45-36(32-14-4-8-21-44(32)49-45)26-34(43)28-22-23-42-35(25-28)31-13-3-7-19-40(31)47(42)41-20-9-16-37-33(41)15-10-24-46-37;1-26(2)27(3,4)32-28(31-26)18-14-15-25-21(17-18)19-9-5-6-12-23(19)30(25)24-13-7-11-22-20(24)10-8-16-29-22;26-25(27,28)34(30,31)33-24-13-18-17-9-3-6-12-22(17)32-23(18)14-21(24)29-19-10-4-1-7-15(19)16-8-2-5-11-20(16)29;/h1-27H;5-17H,1-4H3;1-14H;1H/i;;;1+1. The van der Waals surface area contributed by atoms with Gasteiger partial charge in [0.2, 0.25) is 0 Å². The van der Waals surface area contributed by atoms with Gasteiger partial charge in [-0.2, -0.15) is 21.6 Å². The average Bonchev–Trinajstić information content (AvgIpc) is 1.60. The zero-order chi connectivity index (χ0) is 77.8. The Hall–Kier alpha value is -13.8. The van der Waals surface area contributed by atoms with Crippen molar-refractivity contribution in [1.82, 2.24) is 28.2 Å². The number of aromatic nitrogens is 6. The summed E-state index contributed by atoms with van der Waals surface area (Å²) in [6.07, 6.45) is 3.70. The number of nitrogens with zero attached hydrogens (tertiary/aromatic N) is 6. The van der Waals surface area contributed by atoms with Gasteiger partial charge in [0.15, 0.2) is 5.75 Å². The molecular weight excluding hydrogens is 1460 g/mol. The van der Waals surface area contributed by atoms with Gasteiger partial charge >= 0.3 is 22.7 Å². The van der Waals surface area contributed by atoms with Crippen molar-refractivity contribution in [3.63, 3.8) is 0 Å². The quantitative estimate of drug-likeness (QED) is 0.0828. The van der Waals surface area contributed by atoms with Crippen molar-refractivity contribution in [2.45, 2.75) is 44.4 Å². The van der Waals surface area contributed by atoms with E-state index >= 15 is 0 Å². The SMILES string of the molecule is CC1(C)OB(c2ccc3c(c2)c2ccccc2n3-c2cccc3ncccc23)OC1(C)C.O=S(=O)(Oc1cc2c(cc1-n1c3ccccc3c3ccccc31)oc1ccccc12)C(F)(F)F.[2HH].c1cc(-n2c3ccccc3c3cc(-c4cc5c(cc4-n4c6ccccc6c6ccccc64)oc4ccccc45)ccc32)c2cccnc2c1. The third-order valence-corrected chi connectivity index (χ3v) is 24.0. The molecule has 22 aromatic rings. The molecule has 0 N–H and O–H groups in total. The highest BCUT2D eigenvalue weighted by molar-refractivity contribution is 7.88.